The molecule has 0 unspecified atom stereocenters. The summed E-state index contributed by atoms with van der Waals surface area (Å²) in [5.41, 5.74) is 0. The van der Waals surface area contributed by atoms with Gasteiger partial charge in [-0.3, -0.25) is 0 Å². The molecule has 1 heterocycles. The normalized spacial score (nSPS) is 26.0. The maximum absolute atomic E-state index is 9.66. The van der Waals surface area contributed by atoms with Crippen molar-refractivity contribution in [2.24, 2.45) is 0 Å². The summed E-state index contributed by atoms with van der Waals surface area (Å²) in [5, 5.41) is 13.1. The molecule has 0 saturated heterocycles. The van der Waals surface area contributed by atoms with Gasteiger partial charge in [0.05, 0.1) is 6.10 Å². The van der Waals surface area contributed by atoms with E-state index < -0.39 is 0 Å². The number of thiophene rings is 1. The summed E-state index contributed by atoms with van der Waals surface area (Å²) in [7, 11) is 0. The van der Waals surface area contributed by atoms with Crippen molar-refractivity contribution < 1.29 is 5.11 Å². The van der Waals surface area contributed by atoms with Crippen LogP contribution in [0.25, 0.3) is 0 Å². The molecule has 1 aliphatic rings. The number of aryl methyl sites for hydroxylation is 1. The highest BCUT2D eigenvalue weighted by Gasteiger charge is 2.24. The van der Waals surface area contributed by atoms with Gasteiger partial charge in [-0.25, -0.2) is 0 Å². The Balaban J connectivity index is 1.82. The minimum Gasteiger partial charge on any atom is -0.392 e. The van der Waals surface area contributed by atoms with Crippen LogP contribution in [0, 0.1) is 0 Å². The van der Waals surface area contributed by atoms with E-state index in [1.165, 1.54) is 9.75 Å². The number of hydrogen-bond donors (Lipinski definition) is 2. The molecule has 0 bridgehead atoms. The fraction of sp³-hybridized carbons (Fsp3) is 0.667. The standard InChI is InChI=1S/C12H19NOS/c1-2-9-6-7-10(15-9)8-13-11-4-3-5-12(11)14/h6-7,11-14H,2-5,8H2,1H3/t11-,12-/m1/s1. The van der Waals surface area contributed by atoms with Gasteiger partial charge in [0.25, 0.3) is 0 Å². The molecule has 1 aromatic rings. The van der Waals surface area contributed by atoms with Gasteiger partial charge in [-0.05, 0) is 37.8 Å². The van der Waals surface area contributed by atoms with E-state index in [1.54, 1.807) is 0 Å². The SMILES string of the molecule is CCc1ccc(CN[C@@H]2CCC[C@H]2O)s1. The Bertz CT molecular complexity index is 310. The van der Waals surface area contributed by atoms with E-state index in [0.717, 1.165) is 32.2 Å². The Morgan fingerprint density at radius 2 is 2.20 bits per heavy atom. The van der Waals surface area contributed by atoms with Crippen molar-refractivity contribution in [1.29, 1.82) is 0 Å². The number of nitrogens with one attached hydrogen (secondary N) is 1. The average Bonchev–Trinajstić information content (AvgIpc) is 2.84. The Kier molecular flexibility index (Phi) is 3.78. The molecule has 0 radical (unpaired) electrons. The quantitative estimate of drug-likeness (QED) is 0.824. The summed E-state index contributed by atoms with van der Waals surface area (Å²) < 4.78 is 0. The lowest BCUT2D eigenvalue weighted by Crippen LogP contribution is -2.34. The molecule has 2 N–H and O–H groups in total. The lowest BCUT2D eigenvalue weighted by atomic mass is 10.2. The van der Waals surface area contributed by atoms with Crippen LogP contribution in [0.15, 0.2) is 12.1 Å². The van der Waals surface area contributed by atoms with E-state index in [9.17, 15) is 5.11 Å². The number of rotatable bonds is 4. The van der Waals surface area contributed by atoms with Crippen LogP contribution < -0.4 is 5.32 Å². The van der Waals surface area contributed by atoms with Crippen LogP contribution in [0.1, 0.15) is 35.9 Å². The number of aliphatic hydroxyl groups excluding tert-OH is 1. The molecule has 0 aromatic carbocycles. The number of aliphatic hydroxyl groups is 1. The van der Waals surface area contributed by atoms with Crippen LogP contribution in [0.2, 0.25) is 0 Å². The van der Waals surface area contributed by atoms with Crippen LogP contribution in [-0.2, 0) is 13.0 Å². The average molecular weight is 225 g/mol. The van der Waals surface area contributed by atoms with Gasteiger partial charge in [0, 0.05) is 22.3 Å². The molecular weight excluding hydrogens is 206 g/mol. The van der Waals surface area contributed by atoms with Crippen molar-refractivity contribution in [3.8, 4) is 0 Å². The summed E-state index contributed by atoms with van der Waals surface area (Å²) in [4.78, 5) is 2.82. The molecule has 0 spiro atoms. The van der Waals surface area contributed by atoms with Crippen molar-refractivity contribution in [2.45, 2.75) is 51.3 Å². The molecule has 1 aliphatic carbocycles. The highest BCUT2D eigenvalue weighted by molar-refractivity contribution is 7.11. The molecule has 84 valence electrons. The van der Waals surface area contributed by atoms with Crippen LogP contribution in [0.5, 0.6) is 0 Å². The summed E-state index contributed by atoms with van der Waals surface area (Å²) in [5.74, 6) is 0. The predicted octanol–water partition coefficient (Wildman–Crippen LogP) is 2.31. The molecule has 1 saturated carbocycles. The van der Waals surface area contributed by atoms with Gasteiger partial charge in [0.1, 0.15) is 0 Å². The van der Waals surface area contributed by atoms with Crippen molar-refractivity contribution in [1.82, 2.24) is 5.32 Å². The molecule has 2 nitrogen and oxygen atoms in total. The first-order valence-corrected chi connectivity index (χ1v) is 6.60. The molecule has 0 aliphatic heterocycles. The van der Waals surface area contributed by atoms with Gasteiger partial charge in [-0.2, -0.15) is 0 Å². The summed E-state index contributed by atoms with van der Waals surface area (Å²) in [6.45, 7) is 3.09. The molecule has 0 amide bonds. The predicted molar refractivity (Wildman–Crippen MR) is 64.2 cm³/mol. The van der Waals surface area contributed by atoms with E-state index in [0.29, 0.717) is 6.04 Å². The van der Waals surface area contributed by atoms with Gasteiger partial charge >= 0.3 is 0 Å². The van der Waals surface area contributed by atoms with Gasteiger partial charge in [0.15, 0.2) is 0 Å². The summed E-state index contributed by atoms with van der Waals surface area (Å²) >= 11 is 1.87. The minimum atomic E-state index is -0.129. The topological polar surface area (TPSA) is 32.3 Å². The van der Waals surface area contributed by atoms with Crippen LogP contribution in [0.3, 0.4) is 0 Å². The Morgan fingerprint density at radius 3 is 2.80 bits per heavy atom. The maximum Gasteiger partial charge on any atom is 0.0693 e. The highest BCUT2D eigenvalue weighted by Crippen LogP contribution is 2.21. The summed E-state index contributed by atoms with van der Waals surface area (Å²) in [6, 6.07) is 4.71. The van der Waals surface area contributed by atoms with Crippen molar-refractivity contribution in [3.63, 3.8) is 0 Å². The maximum atomic E-state index is 9.66. The third-order valence-electron chi connectivity index (χ3n) is 3.08. The van der Waals surface area contributed by atoms with Crippen LogP contribution in [0.4, 0.5) is 0 Å². The first-order valence-electron chi connectivity index (χ1n) is 5.78. The Hall–Kier alpha value is -0.380. The van der Waals surface area contributed by atoms with E-state index >= 15 is 0 Å². The van der Waals surface area contributed by atoms with E-state index in [4.69, 9.17) is 0 Å². The van der Waals surface area contributed by atoms with E-state index in [2.05, 4.69) is 24.4 Å². The van der Waals surface area contributed by atoms with Crippen molar-refractivity contribution >= 4 is 11.3 Å². The molecule has 15 heavy (non-hydrogen) atoms. The first kappa shape index (κ1) is 11.1. The highest BCUT2D eigenvalue weighted by atomic mass is 32.1. The molecular formula is C12H19NOS. The van der Waals surface area contributed by atoms with Crippen molar-refractivity contribution in [2.75, 3.05) is 0 Å². The lowest BCUT2D eigenvalue weighted by Gasteiger charge is -2.15. The van der Waals surface area contributed by atoms with Crippen molar-refractivity contribution in [3.05, 3.63) is 21.9 Å². The smallest absolute Gasteiger partial charge is 0.0693 e. The van der Waals surface area contributed by atoms with Gasteiger partial charge in [0.2, 0.25) is 0 Å². The lowest BCUT2D eigenvalue weighted by molar-refractivity contribution is 0.149. The number of hydrogen-bond acceptors (Lipinski definition) is 3. The Morgan fingerprint density at radius 1 is 1.40 bits per heavy atom. The van der Waals surface area contributed by atoms with E-state index in [1.807, 2.05) is 11.3 Å². The second-order valence-electron chi connectivity index (χ2n) is 4.21. The molecule has 1 aromatic heterocycles. The zero-order valence-corrected chi connectivity index (χ0v) is 10.0. The monoisotopic (exact) mass is 225 g/mol. The molecule has 3 heteroatoms. The van der Waals surface area contributed by atoms with E-state index in [-0.39, 0.29) is 6.10 Å². The molecule has 1 fully saturated rings. The minimum absolute atomic E-state index is 0.129. The van der Waals surface area contributed by atoms with Crippen LogP contribution >= 0.6 is 11.3 Å². The van der Waals surface area contributed by atoms with Gasteiger partial charge in [-0.1, -0.05) is 6.92 Å². The largest absolute Gasteiger partial charge is 0.392 e. The van der Waals surface area contributed by atoms with Crippen LogP contribution in [-0.4, -0.2) is 17.3 Å². The zero-order chi connectivity index (χ0) is 10.7. The fourth-order valence-electron chi connectivity index (χ4n) is 2.12. The third-order valence-corrected chi connectivity index (χ3v) is 4.31. The zero-order valence-electron chi connectivity index (χ0n) is 9.20. The first-order chi connectivity index (χ1) is 7.29. The second-order valence-corrected chi connectivity index (χ2v) is 5.46. The molecule has 2 rings (SSSR count). The molecule has 2 atom stereocenters. The third kappa shape index (κ3) is 2.80. The summed E-state index contributed by atoms with van der Waals surface area (Å²) in [6.07, 6.45) is 4.23. The Labute approximate surface area is 95.3 Å². The second kappa shape index (κ2) is 5.10. The van der Waals surface area contributed by atoms with Gasteiger partial charge < -0.3 is 10.4 Å². The van der Waals surface area contributed by atoms with Gasteiger partial charge in [-0.15, -0.1) is 11.3 Å². The fourth-order valence-corrected chi connectivity index (χ4v) is 3.03.